The van der Waals surface area contributed by atoms with Crippen LogP contribution in [0.3, 0.4) is 0 Å². The van der Waals surface area contributed by atoms with Crippen LogP contribution in [0.4, 0.5) is 4.39 Å². The molecule has 27 heavy (non-hydrogen) atoms. The molecule has 0 radical (unpaired) electrons. The molecule has 140 valence electrons. The van der Waals surface area contributed by atoms with Crippen LogP contribution in [0.1, 0.15) is 49.0 Å². The van der Waals surface area contributed by atoms with Crippen LogP contribution in [0.2, 0.25) is 0 Å². The Hall–Kier alpha value is -2.50. The van der Waals surface area contributed by atoms with Gasteiger partial charge in [0.2, 0.25) is 0 Å². The first-order valence-electron chi connectivity index (χ1n) is 9.68. The third-order valence-corrected chi connectivity index (χ3v) is 6.52. The fourth-order valence-electron chi connectivity index (χ4n) is 5.87. The van der Waals surface area contributed by atoms with E-state index in [-0.39, 0.29) is 28.5 Å². The van der Waals surface area contributed by atoms with Crippen molar-refractivity contribution in [3.05, 3.63) is 58.3 Å². The summed E-state index contributed by atoms with van der Waals surface area (Å²) in [5.41, 5.74) is 0.193. The Balaban J connectivity index is 1.42. The number of carbonyl (C=O) groups excluding carboxylic acids is 1. The normalized spacial score (nSPS) is 31.1. The minimum Gasteiger partial charge on any atom is -0.345 e. The number of amides is 1. The summed E-state index contributed by atoms with van der Waals surface area (Å²) in [5.74, 6) is 1.59. The Morgan fingerprint density at radius 1 is 1.00 bits per heavy atom. The first-order valence-corrected chi connectivity index (χ1v) is 9.68. The number of hydrogen-bond acceptors (Lipinski definition) is 3. The lowest BCUT2D eigenvalue weighted by atomic mass is 9.53. The number of nitrogens with one attached hydrogen (secondary N) is 1. The van der Waals surface area contributed by atoms with Crippen LogP contribution in [0.15, 0.2) is 41.2 Å². The van der Waals surface area contributed by atoms with Gasteiger partial charge >= 0.3 is 0 Å². The minimum atomic E-state index is -0.387. The molecule has 4 aliphatic rings. The zero-order valence-corrected chi connectivity index (χ0v) is 15.0. The van der Waals surface area contributed by atoms with Crippen molar-refractivity contribution in [1.82, 2.24) is 15.1 Å². The van der Waals surface area contributed by atoms with E-state index in [1.807, 2.05) is 0 Å². The summed E-state index contributed by atoms with van der Waals surface area (Å²) >= 11 is 0. The molecule has 1 aromatic heterocycles. The molecule has 1 N–H and O–H groups in total. The maximum absolute atomic E-state index is 13.2. The summed E-state index contributed by atoms with van der Waals surface area (Å²) in [5, 5.41) is 7.51. The van der Waals surface area contributed by atoms with Gasteiger partial charge in [0.15, 0.2) is 0 Å². The van der Waals surface area contributed by atoms with E-state index in [9.17, 15) is 14.0 Å². The van der Waals surface area contributed by atoms with Gasteiger partial charge < -0.3 is 5.32 Å². The summed E-state index contributed by atoms with van der Waals surface area (Å²) in [6.45, 7) is 0. The number of rotatable bonds is 3. The van der Waals surface area contributed by atoms with Crippen molar-refractivity contribution in [3.63, 3.8) is 0 Å². The van der Waals surface area contributed by atoms with Crippen LogP contribution in [-0.2, 0) is 0 Å². The van der Waals surface area contributed by atoms with Gasteiger partial charge in [0, 0.05) is 11.6 Å². The van der Waals surface area contributed by atoms with Crippen LogP contribution in [-0.4, -0.2) is 21.2 Å². The van der Waals surface area contributed by atoms with Gasteiger partial charge in [0.25, 0.3) is 11.5 Å². The van der Waals surface area contributed by atoms with Gasteiger partial charge in [-0.2, -0.15) is 9.78 Å². The lowest BCUT2D eigenvalue weighted by Gasteiger charge is -2.56. The number of nitrogens with zero attached hydrogens (tertiary/aromatic N) is 2. The average molecular weight is 367 g/mol. The van der Waals surface area contributed by atoms with Crippen LogP contribution in [0.25, 0.3) is 5.69 Å². The Morgan fingerprint density at radius 2 is 1.59 bits per heavy atom. The summed E-state index contributed by atoms with van der Waals surface area (Å²) in [7, 11) is 0. The summed E-state index contributed by atoms with van der Waals surface area (Å²) in [4.78, 5) is 25.1. The second-order valence-electron chi connectivity index (χ2n) is 8.60. The molecule has 2 aromatic rings. The zero-order valence-electron chi connectivity index (χ0n) is 15.0. The Morgan fingerprint density at radius 3 is 2.19 bits per heavy atom. The molecule has 4 aliphatic carbocycles. The SMILES string of the molecule is O=C(NC12CC3CC(CC(C3)C1)C2)c1ccc(=O)n(-c2ccc(F)cc2)n1. The van der Waals surface area contributed by atoms with Crippen LogP contribution in [0, 0.1) is 23.6 Å². The van der Waals surface area contributed by atoms with Crippen molar-refractivity contribution in [2.45, 2.75) is 44.1 Å². The molecule has 5 nitrogen and oxygen atoms in total. The van der Waals surface area contributed by atoms with Gasteiger partial charge in [-0.15, -0.1) is 0 Å². The molecule has 6 rings (SSSR count). The van der Waals surface area contributed by atoms with Gasteiger partial charge in [0.1, 0.15) is 11.5 Å². The predicted molar refractivity (Wildman–Crippen MR) is 98.2 cm³/mol. The Labute approximate surface area is 156 Å². The van der Waals surface area contributed by atoms with Gasteiger partial charge in [-0.05, 0) is 86.6 Å². The third kappa shape index (κ3) is 2.97. The first kappa shape index (κ1) is 16.7. The molecule has 0 unspecified atom stereocenters. The number of halogens is 1. The molecule has 6 heteroatoms. The summed E-state index contributed by atoms with van der Waals surface area (Å²) in [6.07, 6.45) is 7.10. The van der Waals surface area contributed by atoms with Crippen LogP contribution < -0.4 is 10.9 Å². The maximum Gasteiger partial charge on any atom is 0.272 e. The fraction of sp³-hybridized carbons (Fsp3) is 0.476. The predicted octanol–water partition coefficient (Wildman–Crippen LogP) is 3.07. The van der Waals surface area contributed by atoms with E-state index in [0.717, 1.165) is 41.7 Å². The van der Waals surface area contributed by atoms with Gasteiger partial charge in [0.05, 0.1) is 5.69 Å². The highest BCUT2D eigenvalue weighted by molar-refractivity contribution is 5.92. The lowest BCUT2D eigenvalue weighted by Crippen LogP contribution is -2.60. The van der Waals surface area contributed by atoms with Crippen LogP contribution in [0.5, 0.6) is 0 Å². The van der Waals surface area contributed by atoms with E-state index < -0.39 is 0 Å². The summed E-state index contributed by atoms with van der Waals surface area (Å²) < 4.78 is 14.3. The largest absolute Gasteiger partial charge is 0.345 e. The van der Waals surface area contributed by atoms with E-state index in [1.165, 1.54) is 55.7 Å². The van der Waals surface area contributed by atoms with E-state index >= 15 is 0 Å². The molecule has 0 atom stereocenters. The monoisotopic (exact) mass is 367 g/mol. The Kier molecular flexibility index (Phi) is 3.71. The molecular weight excluding hydrogens is 345 g/mol. The molecule has 0 spiro atoms. The topological polar surface area (TPSA) is 64.0 Å². The molecule has 0 saturated heterocycles. The number of aromatic nitrogens is 2. The molecule has 0 aliphatic heterocycles. The van der Waals surface area contributed by atoms with Gasteiger partial charge in [-0.1, -0.05) is 0 Å². The second-order valence-corrected chi connectivity index (χ2v) is 8.60. The third-order valence-electron chi connectivity index (χ3n) is 6.52. The quantitative estimate of drug-likeness (QED) is 0.907. The van der Waals surface area contributed by atoms with Crippen LogP contribution >= 0.6 is 0 Å². The smallest absolute Gasteiger partial charge is 0.272 e. The number of hydrogen-bond donors (Lipinski definition) is 1. The number of carbonyl (C=O) groups is 1. The highest BCUT2D eigenvalue weighted by Crippen LogP contribution is 2.55. The van der Waals surface area contributed by atoms with Crippen molar-refractivity contribution in [2.24, 2.45) is 17.8 Å². The van der Waals surface area contributed by atoms with Gasteiger partial charge in [-0.25, -0.2) is 4.39 Å². The summed E-state index contributed by atoms with van der Waals surface area (Å²) in [6, 6.07) is 8.30. The molecule has 1 heterocycles. The highest BCUT2D eigenvalue weighted by atomic mass is 19.1. The highest BCUT2D eigenvalue weighted by Gasteiger charge is 2.51. The molecular formula is C21H22FN3O2. The number of benzene rings is 1. The molecule has 1 aromatic carbocycles. The van der Waals surface area contributed by atoms with Crippen molar-refractivity contribution in [2.75, 3.05) is 0 Å². The van der Waals surface area contributed by atoms with Crippen molar-refractivity contribution < 1.29 is 9.18 Å². The van der Waals surface area contributed by atoms with E-state index in [0.29, 0.717) is 5.69 Å². The van der Waals surface area contributed by atoms with Crippen molar-refractivity contribution in [3.8, 4) is 5.69 Å². The van der Waals surface area contributed by atoms with E-state index in [4.69, 9.17) is 0 Å². The maximum atomic E-state index is 13.2. The zero-order chi connectivity index (χ0) is 18.6. The van der Waals surface area contributed by atoms with Crippen molar-refractivity contribution >= 4 is 5.91 Å². The standard InChI is InChI=1S/C21H22FN3O2/c22-16-1-3-17(4-2-16)25-19(26)6-5-18(24-25)20(27)23-21-10-13-7-14(11-21)9-15(8-13)12-21/h1-6,13-15H,7-12H2,(H,23,27). The molecule has 4 saturated carbocycles. The van der Waals surface area contributed by atoms with E-state index in [1.54, 1.807) is 0 Å². The lowest BCUT2D eigenvalue weighted by molar-refractivity contribution is -0.0168. The average Bonchev–Trinajstić information content (AvgIpc) is 2.61. The Bertz CT molecular complexity index is 915. The second kappa shape index (κ2) is 6.01. The fourth-order valence-corrected chi connectivity index (χ4v) is 5.87. The molecule has 4 bridgehead atoms. The van der Waals surface area contributed by atoms with Gasteiger partial charge in [-0.3, -0.25) is 9.59 Å². The molecule has 4 fully saturated rings. The minimum absolute atomic E-state index is 0.107. The molecule has 1 amide bonds. The van der Waals surface area contributed by atoms with Crippen molar-refractivity contribution in [1.29, 1.82) is 0 Å². The first-order chi connectivity index (χ1) is 13.0. The van der Waals surface area contributed by atoms with E-state index in [2.05, 4.69) is 10.4 Å².